The van der Waals surface area contributed by atoms with Crippen molar-refractivity contribution < 1.29 is 14.4 Å². The Morgan fingerprint density at radius 3 is 2.56 bits per heavy atom. The van der Waals surface area contributed by atoms with Gasteiger partial charge in [0.15, 0.2) is 5.69 Å². The zero-order valence-corrected chi connectivity index (χ0v) is 18.8. The Bertz CT molecular complexity index is 1290. The molecule has 3 aromatic rings. The number of fused-ring (bicyclic) bond motifs is 1. The van der Waals surface area contributed by atoms with Crippen molar-refractivity contribution in [3.05, 3.63) is 69.1 Å². The van der Waals surface area contributed by atoms with Crippen LogP contribution in [0.5, 0.6) is 0 Å². The first-order valence-electron chi connectivity index (χ1n) is 10.0. The average Bonchev–Trinajstić information content (AvgIpc) is 3.19. The lowest BCUT2D eigenvalue weighted by Gasteiger charge is -2.17. The molecular formula is C22H20BrN5O4. The molecule has 2 aromatic carbocycles. The number of halogens is 1. The van der Waals surface area contributed by atoms with Crippen LogP contribution in [0, 0.1) is 5.92 Å². The number of nitrogens with zero attached hydrogens (tertiary/aromatic N) is 3. The van der Waals surface area contributed by atoms with E-state index >= 15 is 0 Å². The summed E-state index contributed by atoms with van der Waals surface area (Å²) in [5.74, 6) is -1.91. The monoisotopic (exact) mass is 497 g/mol. The lowest BCUT2D eigenvalue weighted by molar-refractivity contribution is -0.126. The Kier molecular flexibility index (Phi) is 6.04. The second-order valence-corrected chi connectivity index (χ2v) is 8.26. The van der Waals surface area contributed by atoms with Crippen LogP contribution in [0.1, 0.15) is 23.8 Å². The fraction of sp³-hybridized carbons (Fsp3) is 0.227. The highest BCUT2D eigenvalue weighted by atomic mass is 79.9. The molecule has 1 unspecified atom stereocenters. The highest BCUT2D eigenvalue weighted by Gasteiger charge is 2.35. The van der Waals surface area contributed by atoms with Crippen LogP contribution in [-0.2, 0) is 16.1 Å². The first kappa shape index (κ1) is 21.7. The lowest BCUT2D eigenvalue weighted by Crippen LogP contribution is -2.46. The number of aryl methyl sites for hydroxylation is 1. The molecule has 164 valence electrons. The van der Waals surface area contributed by atoms with Gasteiger partial charge in [0, 0.05) is 35.1 Å². The summed E-state index contributed by atoms with van der Waals surface area (Å²) in [6.07, 6.45) is 0.0378. The first-order valence-corrected chi connectivity index (χ1v) is 10.8. The molecule has 1 atom stereocenters. The fourth-order valence-electron chi connectivity index (χ4n) is 3.67. The highest BCUT2D eigenvalue weighted by molar-refractivity contribution is 9.10. The van der Waals surface area contributed by atoms with Crippen molar-refractivity contribution in [1.82, 2.24) is 20.6 Å². The SMILES string of the molecule is CCn1nc(C(=O)NNC(=O)C2CC(=O)N(c3cccc(Br)c3)C2)c2ccccc2c1=O. The summed E-state index contributed by atoms with van der Waals surface area (Å²) in [7, 11) is 0. The first-order chi connectivity index (χ1) is 15.4. The molecule has 2 N–H and O–H groups in total. The molecule has 10 heteroatoms. The van der Waals surface area contributed by atoms with Gasteiger partial charge in [-0.05, 0) is 31.2 Å². The van der Waals surface area contributed by atoms with Crippen molar-refractivity contribution in [3.8, 4) is 0 Å². The number of nitrogens with one attached hydrogen (secondary N) is 2. The molecule has 9 nitrogen and oxygen atoms in total. The molecule has 1 fully saturated rings. The Hall–Kier alpha value is -3.53. The molecule has 32 heavy (non-hydrogen) atoms. The van der Waals surface area contributed by atoms with E-state index in [1.54, 1.807) is 48.2 Å². The van der Waals surface area contributed by atoms with Crippen LogP contribution in [0.2, 0.25) is 0 Å². The zero-order chi connectivity index (χ0) is 22.8. The number of amides is 3. The van der Waals surface area contributed by atoms with Gasteiger partial charge in [0.25, 0.3) is 11.5 Å². The number of carbonyl (C=O) groups is 3. The van der Waals surface area contributed by atoms with E-state index in [0.29, 0.717) is 23.0 Å². The minimum atomic E-state index is -0.648. The summed E-state index contributed by atoms with van der Waals surface area (Å²) in [5, 5.41) is 4.90. The quantitative estimate of drug-likeness (QED) is 0.535. The maximum atomic E-state index is 12.8. The van der Waals surface area contributed by atoms with Gasteiger partial charge < -0.3 is 4.90 Å². The molecule has 0 aliphatic carbocycles. The van der Waals surface area contributed by atoms with Crippen molar-refractivity contribution in [2.75, 3.05) is 11.4 Å². The molecule has 1 saturated heterocycles. The number of carbonyl (C=O) groups excluding carboxylic acids is 3. The van der Waals surface area contributed by atoms with Crippen LogP contribution in [0.25, 0.3) is 10.8 Å². The van der Waals surface area contributed by atoms with Gasteiger partial charge in [0.2, 0.25) is 11.8 Å². The predicted molar refractivity (Wildman–Crippen MR) is 122 cm³/mol. The lowest BCUT2D eigenvalue weighted by atomic mass is 10.1. The largest absolute Gasteiger partial charge is 0.312 e. The summed E-state index contributed by atoms with van der Waals surface area (Å²) in [6, 6.07) is 13.9. The van der Waals surface area contributed by atoms with Gasteiger partial charge in [-0.3, -0.25) is 30.0 Å². The molecule has 0 radical (unpaired) electrons. The summed E-state index contributed by atoms with van der Waals surface area (Å²) < 4.78 is 2.03. The molecule has 0 bridgehead atoms. The van der Waals surface area contributed by atoms with Crippen molar-refractivity contribution in [1.29, 1.82) is 0 Å². The molecule has 1 aliphatic heterocycles. The van der Waals surface area contributed by atoms with Gasteiger partial charge in [-0.1, -0.05) is 40.2 Å². The summed E-state index contributed by atoms with van der Waals surface area (Å²) in [4.78, 5) is 51.8. The second kappa shape index (κ2) is 8.91. The molecule has 1 aromatic heterocycles. The van der Waals surface area contributed by atoms with E-state index in [9.17, 15) is 19.2 Å². The van der Waals surface area contributed by atoms with Crippen LogP contribution in [0.3, 0.4) is 0 Å². The minimum Gasteiger partial charge on any atom is -0.312 e. The minimum absolute atomic E-state index is 0.0283. The Balaban J connectivity index is 1.47. The zero-order valence-electron chi connectivity index (χ0n) is 17.2. The fourth-order valence-corrected chi connectivity index (χ4v) is 4.06. The Morgan fingerprint density at radius 1 is 1.09 bits per heavy atom. The van der Waals surface area contributed by atoms with E-state index < -0.39 is 17.7 Å². The molecule has 1 aliphatic rings. The molecular weight excluding hydrogens is 478 g/mol. The van der Waals surface area contributed by atoms with E-state index in [1.807, 2.05) is 12.1 Å². The molecule has 4 rings (SSSR count). The summed E-state index contributed by atoms with van der Waals surface area (Å²) >= 11 is 3.38. The number of hydrazine groups is 1. The average molecular weight is 498 g/mol. The third kappa shape index (κ3) is 4.13. The third-order valence-electron chi connectivity index (χ3n) is 5.30. The molecule has 3 amide bonds. The standard InChI is InChI=1S/C22H20BrN5O4/c1-2-28-22(32)17-9-4-3-8-16(17)19(26-28)21(31)25-24-20(30)13-10-18(29)27(12-13)15-7-5-6-14(23)11-15/h3-9,11,13H,2,10,12H2,1H3,(H,24,30)(H,25,31). The van der Waals surface area contributed by atoms with Crippen LogP contribution in [-0.4, -0.2) is 34.0 Å². The van der Waals surface area contributed by atoms with Crippen LogP contribution in [0.4, 0.5) is 5.69 Å². The van der Waals surface area contributed by atoms with Crippen LogP contribution >= 0.6 is 15.9 Å². The number of hydrogen-bond donors (Lipinski definition) is 2. The second-order valence-electron chi connectivity index (χ2n) is 7.34. The maximum Gasteiger partial charge on any atom is 0.290 e. The maximum absolute atomic E-state index is 12.8. The highest BCUT2D eigenvalue weighted by Crippen LogP contribution is 2.27. The third-order valence-corrected chi connectivity index (χ3v) is 5.79. The van der Waals surface area contributed by atoms with Crippen LogP contribution in [0.15, 0.2) is 57.8 Å². The van der Waals surface area contributed by atoms with Gasteiger partial charge in [-0.15, -0.1) is 0 Å². The number of hydrogen-bond acceptors (Lipinski definition) is 5. The van der Waals surface area contributed by atoms with Gasteiger partial charge in [-0.25, -0.2) is 4.68 Å². The number of aromatic nitrogens is 2. The topological polar surface area (TPSA) is 113 Å². The number of anilines is 1. The van der Waals surface area contributed by atoms with Gasteiger partial charge >= 0.3 is 0 Å². The van der Waals surface area contributed by atoms with E-state index in [4.69, 9.17) is 0 Å². The van der Waals surface area contributed by atoms with Crippen molar-refractivity contribution in [2.45, 2.75) is 19.9 Å². The normalized spacial score (nSPS) is 15.8. The Morgan fingerprint density at radius 2 is 1.84 bits per heavy atom. The molecule has 0 saturated carbocycles. The molecule has 0 spiro atoms. The Labute approximate surface area is 191 Å². The van der Waals surface area contributed by atoms with Gasteiger partial charge in [-0.2, -0.15) is 5.10 Å². The van der Waals surface area contributed by atoms with Crippen molar-refractivity contribution >= 4 is 50.1 Å². The number of benzene rings is 2. The smallest absolute Gasteiger partial charge is 0.290 e. The van der Waals surface area contributed by atoms with E-state index in [1.165, 1.54) is 4.68 Å². The van der Waals surface area contributed by atoms with Gasteiger partial charge in [0.1, 0.15) is 0 Å². The van der Waals surface area contributed by atoms with Crippen molar-refractivity contribution in [3.63, 3.8) is 0 Å². The molecule has 2 heterocycles. The van der Waals surface area contributed by atoms with E-state index in [2.05, 4.69) is 31.9 Å². The number of rotatable bonds is 4. The van der Waals surface area contributed by atoms with Crippen LogP contribution < -0.4 is 21.3 Å². The van der Waals surface area contributed by atoms with E-state index in [-0.39, 0.29) is 30.1 Å². The summed E-state index contributed by atoms with van der Waals surface area (Å²) in [5.41, 5.74) is 5.19. The van der Waals surface area contributed by atoms with Crippen molar-refractivity contribution in [2.24, 2.45) is 5.92 Å². The van der Waals surface area contributed by atoms with E-state index in [0.717, 1.165) is 4.47 Å². The van der Waals surface area contributed by atoms with Gasteiger partial charge in [0.05, 0.1) is 11.3 Å². The summed E-state index contributed by atoms with van der Waals surface area (Å²) in [6.45, 7) is 2.26. The predicted octanol–water partition coefficient (Wildman–Crippen LogP) is 1.99.